The summed E-state index contributed by atoms with van der Waals surface area (Å²) < 4.78 is 28.8. The Hall–Kier alpha value is -2.16. The fourth-order valence-corrected chi connectivity index (χ4v) is 6.33. The number of carbonyl (C=O) groups is 2. The summed E-state index contributed by atoms with van der Waals surface area (Å²) in [5, 5.41) is 1.76. The average Bonchev–Trinajstić information content (AvgIpc) is 3.11. The van der Waals surface area contributed by atoms with Crippen molar-refractivity contribution >= 4 is 44.2 Å². The largest absolute Gasteiger partial charge is 0.341 e. The zero-order chi connectivity index (χ0) is 23.0. The molecule has 172 valence electrons. The van der Waals surface area contributed by atoms with E-state index < -0.39 is 22.1 Å². The van der Waals surface area contributed by atoms with E-state index in [1.165, 1.54) is 11.0 Å². The minimum atomic E-state index is -3.95. The predicted octanol–water partition coefficient (Wildman–Crippen LogP) is 3.02. The van der Waals surface area contributed by atoms with E-state index >= 15 is 0 Å². The smallest absolute Gasteiger partial charge is 0.245 e. The number of likely N-dealkylation sites (tertiary alicyclic amines) is 2. The van der Waals surface area contributed by atoms with E-state index in [2.05, 4.69) is 11.6 Å². The van der Waals surface area contributed by atoms with Crippen molar-refractivity contribution in [2.45, 2.75) is 50.1 Å². The van der Waals surface area contributed by atoms with Crippen LogP contribution >= 0.6 is 11.6 Å². The van der Waals surface area contributed by atoms with Crippen molar-refractivity contribution in [1.82, 2.24) is 14.5 Å². The Morgan fingerprint density at radius 2 is 1.97 bits per heavy atom. The van der Waals surface area contributed by atoms with E-state index in [4.69, 9.17) is 11.6 Å². The summed E-state index contributed by atoms with van der Waals surface area (Å²) in [6, 6.07) is 8.45. The highest BCUT2D eigenvalue weighted by atomic mass is 35.5. The van der Waals surface area contributed by atoms with Crippen LogP contribution in [0.5, 0.6) is 0 Å². The molecule has 2 saturated heterocycles. The molecule has 7 nitrogen and oxygen atoms in total. The van der Waals surface area contributed by atoms with Gasteiger partial charge in [0.05, 0.1) is 4.90 Å². The molecule has 3 atom stereocenters. The predicted molar refractivity (Wildman–Crippen MR) is 124 cm³/mol. The molecule has 32 heavy (non-hydrogen) atoms. The van der Waals surface area contributed by atoms with E-state index in [-0.39, 0.29) is 16.7 Å². The second kappa shape index (κ2) is 9.00. The molecule has 2 amide bonds. The molecule has 0 saturated carbocycles. The second-order valence-electron chi connectivity index (χ2n) is 8.82. The maximum absolute atomic E-state index is 13.1. The van der Waals surface area contributed by atoms with Crippen LogP contribution < -0.4 is 4.72 Å². The van der Waals surface area contributed by atoms with Gasteiger partial charge in [-0.25, -0.2) is 8.42 Å². The summed E-state index contributed by atoms with van der Waals surface area (Å²) in [6.45, 7) is 5.60. The van der Waals surface area contributed by atoms with E-state index in [0.29, 0.717) is 47.8 Å². The van der Waals surface area contributed by atoms with Gasteiger partial charge in [0, 0.05) is 30.0 Å². The number of fused-ring (bicyclic) bond motifs is 1. The summed E-state index contributed by atoms with van der Waals surface area (Å²) in [6.07, 6.45) is 2.39. The maximum atomic E-state index is 13.1. The van der Waals surface area contributed by atoms with E-state index in [9.17, 15) is 18.0 Å². The van der Waals surface area contributed by atoms with Crippen LogP contribution in [0.15, 0.2) is 41.3 Å². The fourth-order valence-electron chi connectivity index (χ4n) is 4.69. The third-order valence-electron chi connectivity index (χ3n) is 6.42. The molecule has 2 aromatic rings. The summed E-state index contributed by atoms with van der Waals surface area (Å²) in [7, 11) is -3.95. The lowest BCUT2D eigenvalue weighted by atomic mass is 9.99. The molecule has 0 aromatic heterocycles. The zero-order valence-electron chi connectivity index (χ0n) is 18.3. The van der Waals surface area contributed by atoms with Crippen LogP contribution in [0.4, 0.5) is 0 Å². The number of carbonyl (C=O) groups excluding carboxylic acids is 2. The van der Waals surface area contributed by atoms with Crippen molar-refractivity contribution in [2.75, 3.05) is 19.6 Å². The number of nitrogens with zero attached hydrogens (tertiary/aromatic N) is 2. The van der Waals surface area contributed by atoms with Gasteiger partial charge >= 0.3 is 0 Å². The first kappa shape index (κ1) is 23.0. The van der Waals surface area contributed by atoms with Crippen LogP contribution in [0.25, 0.3) is 10.8 Å². The van der Waals surface area contributed by atoms with Gasteiger partial charge in [0.2, 0.25) is 21.8 Å². The molecule has 2 heterocycles. The van der Waals surface area contributed by atoms with Gasteiger partial charge in [-0.3, -0.25) is 9.59 Å². The normalized spacial score (nSPS) is 23.0. The van der Waals surface area contributed by atoms with Crippen LogP contribution in [-0.2, 0) is 19.6 Å². The standard InChI is InChI=1S/C23H28ClN3O4S/c1-15-5-4-11-26(14-15)22(28)16(2)27-12-10-20(23(27)29)25-32(30,31)21-7-3-6-17-13-18(24)8-9-19(17)21/h3,6-9,13,15-16,20,25H,4-5,10-12,14H2,1-2H3/t15-,16+,20?/m0/s1. The first-order valence-electron chi connectivity index (χ1n) is 11.0. The number of hydrogen-bond donors (Lipinski definition) is 1. The van der Waals surface area contributed by atoms with Gasteiger partial charge in [-0.1, -0.05) is 36.7 Å². The number of halogens is 1. The Bertz CT molecular complexity index is 1150. The molecule has 2 aliphatic heterocycles. The first-order valence-corrected chi connectivity index (χ1v) is 12.8. The molecule has 0 spiro atoms. The van der Waals surface area contributed by atoms with Crippen LogP contribution in [0.3, 0.4) is 0 Å². The molecular weight excluding hydrogens is 450 g/mol. The summed E-state index contributed by atoms with van der Waals surface area (Å²) >= 11 is 6.03. The lowest BCUT2D eigenvalue weighted by Gasteiger charge is -2.35. The van der Waals surface area contributed by atoms with Gasteiger partial charge in [-0.05, 0) is 55.7 Å². The molecule has 9 heteroatoms. The monoisotopic (exact) mass is 477 g/mol. The van der Waals surface area contributed by atoms with Crippen LogP contribution in [-0.4, -0.2) is 61.7 Å². The van der Waals surface area contributed by atoms with E-state index in [1.54, 1.807) is 37.3 Å². The molecule has 4 rings (SSSR count). The Labute approximate surface area is 193 Å². The molecule has 0 bridgehead atoms. The Morgan fingerprint density at radius 3 is 2.72 bits per heavy atom. The number of sulfonamides is 1. The van der Waals surface area contributed by atoms with E-state index in [1.807, 2.05) is 4.90 Å². The average molecular weight is 478 g/mol. The summed E-state index contributed by atoms with van der Waals surface area (Å²) in [5.74, 6) is 0.0198. The molecule has 0 radical (unpaired) electrons. The van der Waals surface area contributed by atoms with Crippen molar-refractivity contribution in [3.63, 3.8) is 0 Å². The minimum absolute atomic E-state index is 0.0701. The first-order chi connectivity index (χ1) is 15.2. The summed E-state index contributed by atoms with van der Waals surface area (Å²) in [4.78, 5) is 29.4. The van der Waals surface area contributed by atoms with E-state index in [0.717, 1.165) is 12.8 Å². The topological polar surface area (TPSA) is 86.8 Å². The maximum Gasteiger partial charge on any atom is 0.245 e. The number of benzene rings is 2. The number of piperidine rings is 1. The quantitative estimate of drug-likeness (QED) is 0.717. The highest BCUT2D eigenvalue weighted by Gasteiger charge is 2.40. The Balaban J connectivity index is 1.49. The van der Waals surface area contributed by atoms with Crippen molar-refractivity contribution in [1.29, 1.82) is 0 Å². The molecule has 2 fully saturated rings. The molecule has 2 aromatic carbocycles. The molecule has 1 unspecified atom stereocenters. The Kier molecular flexibility index (Phi) is 6.47. The highest BCUT2D eigenvalue weighted by Crippen LogP contribution is 2.27. The van der Waals surface area contributed by atoms with Gasteiger partial charge in [-0.15, -0.1) is 0 Å². The van der Waals surface area contributed by atoms with Crippen LogP contribution in [0.2, 0.25) is 5.02 Å². The number of rotatable bonds is 5. The molecule has 2 aliphatic rings. The SMILES string of the molecule is C[C@H]1CCCN(C(=O)[C@@H](C)N2CCC(NS(=O)(=O)c3cccc4cc(Cl)ccc34)C2=O)C1. The number of amides is 2. The zero-order valence-corrected chi connectivity index (χ0v) is 19.8. The Morgan fingerprint density at radius 1 is 1.19 bits per heavy atom. The van der Waals surface area contributed by atoms with Crippen molar-refractivity contribution in [2.24, 2.45) is 5.92 Å². The van der Waals surface area contributed by atoms with Gasteiger partial charge < -0.3 is 9.80 Å². The van der Waals surface area contributed by atoms with Gasteiger partial charge in [-0.2, -0.15) is 4.72 Å². The molecule has 0 aliphatic carbocycles. The summed E-state index contributed by atoms with van der Waals surface area (Å²) in [5.41, 5.74) is 0. The molecule has 1 N–H and O–H groups in total. The lowest BCUT2D eigenvalue weighted by molar-refractivity contribution is -0.144. The molecular formula is C23H28ClN3O4S. The van der Waals surface area contributed by atoms with Gasteiger partial charge in [0.25, 0.3) is 0 Å². The highest BCUT2D eigenvalue weighted by molar-refractivity contribution is 7.89. The van der Waals surface area contributed by atoms with Gasteiger partial charge in [0.15, 0.2) is 0 Å². The second-order valence-corrected chi connectivity index (χ2v) is 10.9. The third-order valence-corrected chi connectivity index (χ3v) is 8.19. The number of hydrogen-bond acceptors (Lipinski definition) is 4. The third kappa shape index (κ3) is 4.49. The minimum Gasteiger partial charge on any atom is -0.341 e. The van der Waals surface area contributed by atoms with Crippen molar-refractivity contribution in [3.8, 4) is 0 Å². The van der Waals surface area contributed by atoms with Crippen LogP contribution in [0.1, 0.15) is 33.1 Å². The lowest BCUT2D eigenvalue weighted by Crippen LogP contribution is -2.52. The van der Waals surface area contributed by atoms with Crippen LogP contribution in [0, 0.1) is 5.92 Å². The fraction of sp³-hybridized carbons (Fsp3) is 0.478. The van der Waals surface area contributed by atoms with Gasteiger partial charge in [0.1, 0.15) is 12.1 Å². The number of nitrogens with one attached hydrogen (secondary N) is 1. The van der Waals surface area contributed by atoms with Crippen molar-refractivity contribution < 1.29 is 18.0 Å². The van der Waals surface area contributed by atoms with Crippen molar-refractivity contribution in [3.05, 3.63) is 41.4 Å².